The third kappa shape index (κ3) is 4.95. The summed E-state index contributed by atoms with van der Waals surface area (Å²) in [5.41, 5.74) is 1.59. The van der Waals surface area contributed by atoms with Crippen molar-refractivity contribution >= 4 is 34.2 Å². The van der Waals surface area contributed by atoms with Gasteiger partial charge in [0.05, 0.1) is 17.7 Å². The van der Waals surface area contributed by atoms with Crippen LogP contribution in [0.4, 0.5) is 5.00 Å². The van der Waals surface area contributed by atoms with Gasteiger partial charge in [0.1, 0.15) is 10.8 Å². The van der Waals surface area contributed by atoms with Crippen molar-refractivity contribution in [2.75, 3.05) is 18.5 Å². The number of hydrogen-bond acceptors (Lipinski definition) is 7. The molecule has 1 atom stereocenters. The zero-order valence-corrected chi connectivity index (χ0v) is 17.1. The molecule has 1 aromatic heterocycles. The molecule has 0 saturated heterocycles. The van der Waals surface area contributed by atoms with Gasteiger partial charge in [0.2, 0.25) is 0 Å². The van der Waals surface area contributed by atoms with Gasteiger partial charge in [-0.2, -0.15) is 0 Å². The maximum atomic E-state index is 12.5. The minimum atomic E-state index is -0.676. The Bertz CT molecular complexity index is 918. The number of amides is 1. The number of ether oxygens (including phenoxy) is 2. The quantitative estimate of drug-likeness (QED) is 0.697. The summed E-state index contributed by atoms with van der Waals surface area (Å²) in [6, 6.07) is 5.53. The van der Waals surface area contributed by atoms with Crippen LogP contribution < -0.4 is 5.32 Å². The van der Waals surface area contributed by atoms with Crippen LogP contribution in [0.3, 0.4) is 0 Å². The van der Waals surface area contributed by atoms with Crippen molar-refractivity contribution in [3.8, 4) is 5.75 Å². The summed E-state index contributed by atoms with van der Waals surface area (Å²) in [5.74, 6) is -1.11. The Kier molecular flexibility index (Phi) is 6.53. The first-order valence-corrected chi connectivity index (χ1v) is 10.3. The maximum absolute atomic E-state index is 12.5. The van der Waals surface area contributed by atoms with Crippen molar-refractivity contribution in [3.05, 3.63) is 45.8 Å². The van der Waals surface area contributed by atoms with Gasteiger partial charge in [-0.25, -0.2) is 9.59 Å². The van der Waals surface area contributed by atoms with Crippen molar-refractivity contribution in [1.29, 1.82) is 0 Å². The molecular formula is C21H23NO6S. The number of phenols is 1. The predicted octanol–water partition coefficient (Wildman–Crippen LogP) is 3.55. The van der Waals surface area contributed by atoms with Gasteiger partial charge in [0.15, 0.2) is 6.61 Å². The SMILES string of the molecule is CCOC(=O)c1c(NC(=O)COC(=O)c2ccc(O)cc2)sc2c1CC[C@@H](C)C2. The number of phenolic OH excluding ortho intramolecular Hbond substituents is 1. The molecule has 29 heavy (non-hydrogen) atoms. The highest BCUT2D eigenvalue weighted by Crippen LogP contribution is 2.40. The zero-order chi connectivity index (χ0) is 21.0. The maximum Gasteiger partial charge on any atom is 0.341 e. The van der Waals surface area contributed by atoms with Crippen LogP contribution in [0.25, 0.3) is 0 Å². The molecule has 1 aliphatic carbocycles. The highest BCUT2D eigenvalue weighted by Gasteiger charge is 2.29. The number of anilines is 1. The molecule has 2 N–H and O–H groups in total. The summed E-state index contributed by atoms with van der Waals surface area (Å²) in [6.07, 6.45) is 2.61. The molecule has 3 rings (SSSR count). The summed E-state index contributed by atoms with van der Waals surface area (Å²) in [4.78, 5) is 37.9. The number of benzene rings is 1. The molecule has 8 heteroatoms. The fourth-order valence-electron chi connectivity index (χ4n) is 3.23. The second-order valence-electron chi connectivity index (χ2n) is 6.95. The van der Waals surface area contributed by atoms with Crippen molar-refractivity contribution in [2.24, 2.45) is 5.92 Å². The summed E-state index contributed by atoms with van der Waals surface area (Å²) in [6.45, 7) is 3.66. The second-order valence-corrected chi connectivity index (χ2v) is 8.05. The van der Waals surface area contributed by atoms with Crippen LogP contribution in [0.2, 0.25) is 0 Å². The van der Waals surface area contributed by atoms with Crippen molar-refractivity contribution in [3.63, 3.8) is 0 Å². The number of fused-ring (bicyclic) bond motifs is 1. The van der Waals surface area contributed by atoms with Crippen LogP contribution in [-0.4, -0.2) is 36.2 Å². The van der Waals surface area contributed by atoms with Crippen LogP contribution in [0.5, 0.6) is 5.75 Å². The Morgan fingerprint density at radius 1 is 1.17 bits per heavy atom. The summed E-state index contributed by atoms with van der Waals surface area (Å²) in [7, 11) is 0. The van der Waals surface area contributed by atoms with E-state index in [0.29, 0.717) is 16.5 Å². The zero-order valence-electron chi connectivity index (χ0n) is 16.3. The molecule has 1 aliphatic rings. The molecule has 154 valence electrons. The third-order valence-electron chi connectivity index (χ3n) is 4.68. The number of rotatable bonds is 6. The van der Waals surface area contributed by atoms with E-state index < -0.39 is 24.5 Å². The van der Waals surface area contributed by atoms with E-state index in [-0.39, 0.29) is 17.9 Å². The molecular weight excluding hydrogens is 394 g/mol. The van der Waals surface area contributed by atoms with Crippen molar-refractivity contribution in [1.82, 2.24) is 0 Å². The fourth-order valence-corrected chi connectivity index (χ4v) is 4.65. The third-order valence-corrected chi connectivity index (χ3v) is 5.85. The van der Waals surface area contributed by atoms with Crippen molar-refractivity contribution in [2.45, 2.75) is 33.1 Å². The summed E-state index contributed by atoms with van der Waals surface area (Å²) in [5, 5.41) is 12.4. The first kappa shape index (κ1) is 20.9. The summed E-state index contributed by atoms with van der Waals surface area (Å²) >= 11 is 1.38. The minimum Gasteiger partial charge on any atom is -0.508 e. The number of hydrogen-bond donors (Lipinski definition) is 2. The number of carbonyl (C=O) groups excluding carboxylic acids is 3. The average Bonchev–Trinajstić information content (AvgIpc) is 3.03. The van der Waals surface area contributed by atoms with Gasteiger partial charge in [0.25, 0.3) is 5.91 Å². The molecule has 0 fully saturated rings. The van der Waals surface area contributed by atoms with E-state index in [1.807, 2.05) is 0 Å². The second kappa shape index (κ2) is 9.09. The van der Waals surface area contributed by atoms with Gasteiger partial charge in [-0.3, -0.25) is 4.79 Å². The molecule has 1 amide bonds. The molecule has 0 aliphatic heterocycles. The normalized spacial score (nSPS) is 15.3. The molecule has 0 bridgehead atoms. The Morgan fingerprint density at radius 2 is 1.90 bits per heavy atom. The van der Waals surface area contributed by atoms with Gasteiger partial charge < -0.3 is 19.9 Å². The smallest absolute Gasteiger partial charge is 0.341 e. The van der Waals surface area contributed by atoms with Crippen LogP contribution in [0.15, 0.2) is 24.3 Å². The Morgan fingerprint density at radius 3 is 2.59 bits per heavy atom. The van der Waals surface area contributed by atoms with Crippen LogP contribution in [0, 0.1) is 5.92 Å². The lowest BCUT2D eigenvalue weighted by atomic mass is 9.88. The summed E-state index contributed by atoms with van der Waals surface area (Å²) < 4.78 is 10.2. The Balaban J connectivity index is 1.70. The lowest BCUT2D eigenvalue weighted by molar-refractivity contribution is -0.119. The van der Waals surface area contributed by atoms with E-state index in [9.17, 15) is 19.5 Å². The van der Waals surface area contributed by atoms with Crippen molar-refractivity contribution < 1.29 is 29.0 Å². The van der Waals surface area contributed by atoms with Gasteiger partial charge in [0, 0.05) is 4.88 Å². The highest BCUT2D eigenvalue weighted by atomic mass is 32.1. The van der Waals surface area contributed by atoms with Crippen LogP contribution in [-0.2, 0) is 27.1 Å². The van der Waals surface area contributed by atoms with Crippen LogP contribution >= 0.6 is 11.3 Å². The van der Waals surface area contributed by atoms with Gasteiger partial charge in [-0.1, -0.05) is 6.92 Å². The molecule has 7 nitrogen and oxygen atoms in total. The number of carbonyl (C=O) groups is 3. The standard InChI is InChI=1S/C21H23NO6S/c1-3-27-21(26)18-15-9-4-12(2)10-16(15)29-19(18)22-17(24)11-28-20(25)13-5-7-14(23)8-6-13/h5-8,12,23H,3-4,9-11H2,1-2H3,(H,22,24)/t12-/m1/s1. The van der Waals surface area contributed by atoms with E-state index in [1.54, 1.807) is 6.92 Å². The minimum absolute atomic E-state index is 0.0294. The molecule has 2 aromatic rings. The number of nitrogens with one attached hydrogen (secondary N) is 1. The molecule has 0 saturated carbocycles. The molecule has 1 heterocycles. The Labute approximate surface area is 172 Å². The van der Waals surface area contributed by atoms with E-state index in [4.69, 9.17) is 9.47 Å². The first-order chi connectivity index (χ1) is 13.9. The van der Waals surface area contributed by atoms with Crippen LogP contribution in [0.1, 0.15) is 51.4 Å². The lowest BCUT2D eigenvalue weighted by Crippen LogP contribution is -2.22. The predicted molar refractivity (Wildman–Crippen MR) is 108 cm³/mol. The fraction of sp³-hybridized carbons (Fsp3) is 0.381. The first-order valence-electron chi connectivity index (χ1n) is 9.46. The lowest BCUT2D eigenvalue weighted by Gasteiger charge is -2.18. The molecule has 1 aromatic carbocycles. The monoisotopic (exact) mass is 417 g/mol. The van der Waals surface area contributed by atoms with Gasteiger partial charge in [-0.15, -0.1) is 11.3 Å². The number of esters is 2. The highest BCUT2D eigenvalue weighted by molar-refractivity contribution is 7.17. The topological polar surface area (TPSA) is 102 Å². The van der Waals surface area contributed by atoms with Gasteiger partial charge >= 0.3 is 11.9 Å². The Hall–Kier alpha value is -2.87. The average molecular weight is 417 g/mol. The largest absolute Gasteiger partial charge is 0.508 e. The number of thiophene rings is 1. The molecule has 0 unspecified atom stereocenters. The molecule has 0 spiro atoms. The number of aromatic hydroxyl groups is 1. The van der Waals surface area contributed by atoms with Gasteiger partial charge in [-0.05, 0) is 61.9 Å². The van der Waals surface area contributed by atoms with E-state index in [0.717, 1.165) is 29.7 Å². The van der Waals surface area contributed by atoms with E-state index >= 15 is 0 Å². The van der Waals surface area contributed by atoms with E-state index in [2.05, 4.69) is 12.2 Å². The molecule has 0 radical (unpaired) electrons. The van der Waals surface area contributed by atoms with E-state index in [1.165, 1.54) is 35.6 Å².